The van der Waals surface area contributed by atoms with Gasteiger partial charge in [0.05, 0.1) is 30.0 Å². The summed E-state index contributed by atoms with van der Waals surface area (Å²) in [5, 5.41) is 7.20. The Balaban J connectivity index is 0.00000121. The average molecular weight is 419 g/mol. The van der Waals surface area contributed by atoms with E-state index >= 15 is 0 Å². The summed E-state index contributed by atoms with van der Waals surface area (Å²) in [4.78, 5) is 18.9. The van der Waals surface area contributed by atoms with Gasteiger partial charge in [-0.3, -0.25) is 4.79 Å². The number of nitrogens with one attached hydrogen (secondary N) is 2. The number of carbonyl (C=O) groups excluding carboxylic acids is 1. The molecule has 0 spiro atoms. The Hall–Kier alpha value is -1.12. The zero-order valence-corrected chi connectivity index (χ0v) is 16.9. The zero-order chi connectivity index (χ0) is 16.4. The molecule has 0 atom stereocenters. The SMILES string of the molecule is Cl.Cl.O=C(CNCC1CC1)Nc1ccc2nc(N3CCOCC3)sc2c1. The minimum atomic E-state index is 0. The maximum Gasteiger partial charge on any atom is 0.238 e. The molecule has 1 aliphatic carbocycles. The molecule has 1 saturated carbocycles. The van der Waals surface area contributed by atoms with Gasteiger partial charge in [-0.15, -0.1) is 24.8 Å². The number of halogens is 2. The lowest BCUT2D eigenvalue weighted by Gasteiger charge is -2.25. The summed E-state index contributed by atoms with van der Waals surface area (Å²) in [6, 6.07) is 5.91. The molecule has 0 radical (unpaired) electrons. The van der Waals surface area contributed by atoms with Crippen molar-refractivity contribution in [1.29, 1.82) is 0 Å². The second-order valence-electron chi connectivity index (χ2n) is 6.40. The molecule has 2 N–H and O–H groups in total. The number of nitrogens with zero attached hydrogens (tertiary/aromatic N) is 2. The number of anilines is 2. The maximum atomic E-state index is 12.0. The van der Waals surface area contributed by atoms with Crippen LogP contribution >= 0.6 is 36.2 Å². The first-order valence-electron chi connectivity index (χ1n) is 8.52. The Labute approximate surface area is 169 Å². The smallest absolute Gasteiger partial charge is 0.238 e. The fourth-order valence-electron chi connectivity index (χ4n) is 2.80. The highest BCUT2D eigenvalue weighted by atomic mass is 35.5. The van der Waals surface area contributed by atoms with E-state index in [1.54, 1.807) is 11.3 Å². The van der Waals surface area contributed by atoms with Crippen LogP contribution in [-0.4, -0.2) is 50.3 Å². The average Bonchev–Trinajstić information content (AvgIpc) is 3.32. The molecular weight excluding hydrogens is 395 g/mol. The van der Waals surface area contributed by atoms with Crippen LogP contribution in [0.4, 0.5) is 10.8 Å². The highest BCUT2D eigenvalue weighted by Crippen LogP contribution is 2.31. The molecule has 0 bridgehead atoms. The van der Waals surface area contributed by atoms with E-state index in [2.05, 4.69) is 15.5 Å². The summed E-state index contributed by atoms with van der Waals surface area (Å²) in [6.07, 6.45) is 2.59. The molecule has 2 heterocycles. The van der Waals surface area contributed by atoms with Crippen LogP contribution in [0.25, 0.3) is 10.2 Å². The molecule has 144 valence electrons. The van der Waals surface area contributed by atoms with Gasteiger partial charge in [0.15, 0.2) is 5.13 Å². The lowest BCUT2D eigenvalue weighted by molar-refractivity contribution is -0.115. The van der Waals surface area contributed by atoms with Crippen molar-refractivity contribution in [3.63, 3.8) is 0 Å². The number of fused-ring (bicyclic) bond motifs is 1. The molecule has 1 aromatic heterocycles. The highest BCUT2D eigenvalue weighted by molar-refractivity contribution is 7.22. The molecule has 6 nitrogen and oxygen atoms in total. The predicted molar refractivity (Wildman–Crippen MR) is 111 cm³/mol. The minimum Gasteiger partial charge on any atom is -0.378 e. The standard InChI is InChI=1S/C17H22N4O2S.2ClH/c22-16(11-18-10-12-1-2-12)19-13-3-4-14-15(9-13)24-17(20-14)21-5-7-23-8-6-21;;/h3-4,9,12,18H,1-2,5-8,10-11H2,(H,19,22);2*1H. The van der Waals surface area contributed by atoms with Crippen LogP contribution < -0.4 is 15.5 Å². The van der Waals surface area contributed by atoms with E-state index in [0.717, 1.165) is 59.8 Å². The van der Waals surface area contributed by atoms with Crippen LogP contribution in [0.3, 0.4) is 0 Å². The van der Waals surface area contributed by atoms with Gasteiger partial charge in [0.2, 0.25) is 5.91 Å². The lowest BCUT2D eigenvalue weighted by Crippen LogP contribution is -2.36. The normalized spacial score (nSPS) is 16.7. The third-order valence-corrected chi connectivity index (χ3v) is 5.44. The summed E-state index contributed by atoms with van der Waals surface area (Å²) < 4.78 is 6.49. The van der Waals surface area contributed by atoms with E-state index in [1.165, 1.54) is 12.8 Å². The summed E-state index contributed by atoms with van der Waals surface area (Å²) in [6.45, 7) is 4.60. The summed E-state index contributed by atoms with van der Waals surface area (Å²) in [5.41, 5.74) is 1.81. The zero-order valence-electron chi connectivity index (χ0n) is 14.4. The van der Waals surface area contributed by atoms with Crippen molar-refractivity contribution in [2.45, 2.75) is 12.8 Å². The molecule has 2 aromatic rings. The second kappa shape index (κ2) is 9.71. The fourth-order valence-corrected chi connectivity index (χ4v) is 3.85. The van der Waals surface area contributed by atoms with Crippen molar-refractivity contribution < 1.29 is 9.53 Å². The largest absolute Gasteiger partial charge is 0.378 e. The minimum absolute atomic E-state index is 0. The van der Waals surface area contributed by atoms with Crippen molar-refractivity contribution in [3.05, 3.63) is 18.2 Å². The first-order valence-corrected chi connectivity index (χ1v) is 9.33. The van der Waals surface area contributed by atoms with E-state index in [0.29, 0.717) is 6.54 Å². The first-order chi connectivity index (χ1) is 11.8. The number of morpholine rings is 1. The lowest BCUT2D eigenvalue weighted by atomic mass is 10.3. The number of hydrogen-bond donors (Lipinski definition) is 2. The molecule has 2 aliphatic rings. The number of rotatable bonds is 6. The van der Waals surface area contributed by atoms with Gasteiger partial charge in [-0.1, -0.05) is 11.3 Å². The molecule has 1 saturated heterocycles. The second-order valence-corrected chi connectivity index (χ2v) is 7.41. The van der Waals surface area contributed by atoms with Gasteiger partial charge in [0, 0.05) is 18.8 Å². The number of hydrogen-bond acceptors (Lipinski definition) is 6. The van der Waals surface area contributed by atoms with E-state index < -0.39 is 0 Å². The number of amides is 1. The first kappa shape index (κ1) is 21.2. The van der Waals surface area contributed by atoms with Crippen LogP contribution in [0, 0.1) is 5.92 Å². The van der Waals surface area contributed by atoms with Gasteiger partial charge in [-0.25, -0.2) is 4.98 Å². The van der Waals surface area contributed by atoms with Crippen molar-refractivity contribution in [2.24, 2.45) is 5.92 Å². The van der Waals surface area contributed by atoms with Crippen LogP contribution in [0.15, 0.2) is 18.2 Å². The third kappa shape index (κ3) is 5.44. The molecule has 0 unspecified atom stereocenters. The van der Waals surface area contributed by atoms with E-state index in [1.807, 2.05) is 18.2 Å². The van der Waals surface area contributed by atoms with Gasteiger partial charge < -0.3 is 20.3 Å². The Kier molecular flexibility index (Phi) is 7.91. The van der Waals surface area contributed by atoms with Crippen LogP contribution in [0.5, 0.6) is 0 Å². The van der Waals surface area contributed by atoms with E-state index in [9.17, 15) is 4.79 Å². The van der Waals surface area contributed by atoms with Crippen molar-refractivity contribution >= 4 is 63.1 Å². The molecule has 26 heavy (non-hydrogen) atoms. The molecule has 2 fully saturated rings. The van der Waals surface area contributed by atoms with Crippen molar-refractivity contribution in [1.82, 2.24) is 10.3 Å². The fraction of sp³-hybridized carbons (Fsp3) is 0.529. The maximum absolute atomic E-state index is 12.0. The van der Waals surface area contributed by atoms with Gasteiger partial charge in [-0.2, -0.15) is 0 Å². The third-order valence-electron chi connectivity index (χ3n) is 4.36. The topological polar surface area (TPSA) is 66.5 Å². The summed E-state index contributed by atoms with van der Waals surface area (Å²) in [7, 11) is 0. The molecule has 1 aliphatic heterocycles. The van der Waals surface area contributed by atoms with Crippen LogP contribution in [0.2, 0.25) is 0 Å². The van der Waals surface area contributed by atoms with Crippen molar-refractivity contribution in [2.75, 3.05) is 49.6 Å². The number of ether oxygens (including phenoxy) is 1. The number of aromatic nitrogens is 1. The number of benzene rings is 1. The summed E-state index contributed by atoms with van der Waals surface area (Å²) in [5.74, 6) is 0.790. The Morgan fingerprint density at radius 1 is 1.27 bits per heavy atom. The van der Waals surface area contributed by atoms with Gasteiger partial charge in [0.1, 0.15) is 0 Å². The van der Waals surface area contributed by atoms with Crippen molar-refractivity contribution in [3.8, 4) is 0 Å². The summed E-state index contributed by atoms with van der Waals surface area (Å²) >= 11 is 1.67. The highest BCUT2D eigenvalue weighted by Gasteiger charge is 2.20. The Morgan fingerprint density at radius 3 is 2.77 bits per heavy atom. The van der Waals surface area contributed by atoms with Gasteiger partial charge in [0.25, 0.3) is 0 Å². The number of carbonyl (C=O) groups is 1. The molecule has 1 amide bonds. The van der Waals surface area contributed by atoms with Crippen LogP contribution in [0.1, 0.15) is 12.8 Å². The molecule has 1 aromatic carbocycles. The van der Waals surface area contributed by atoms with Gasteiger partial charge in [-0.05, 0) is 43.5 Å². The van der Waals surface area contributed by atoms with Crippen LogP contribution in [-0.2, 0) is 9.53 Å². The predicted octanol–water partition coefficient (Wildman–Crippen LogP) is 2.91. The number of thiazole rings is 1. The Morgan fingerprint density at radius 2 is 2.04 bits per heavy atom. The molecule has 9 heteroatoms. The van der Waals surface area contributed by atoms with E-state index in [-0.39, 0.29) is 30.7 Å². The Bertz CT molecular complexity index is 733. The molecule has 4 rings (SSSR count). The quantitative estimate of drug-likeness (QED) is 0.754. The monoisotopic (exact) mass is 418 g/mol. The van der Waals surface area contributed by atoms with E-state index in [4.69, 9.17) is 9.72 Å². The molecular formula is C17H24Cl2N4O2S. The van der Waals surface area contributed by atoms with Gasteiger partial charge >= 0.3 is 0 Å².